The van der Waals surface area contributed by atoms with Gasteiger partial charge in [-0.15, -0.1) is 0 Å². The van der Waals surface area contributed by atoms with E-state index in [4.69, 9.17) is 14.4 Å². The summed E-state index contributed by atoms with van der Waals surface area (Å²) in [4.78, 5) is 10.6. The minimum absolute atomic E-state index is 0.498. The molecular formula is C59H38N2O. The van der Waals surface area contributed by atoms with E-state index in [9.17, 15) is 0 Å². The predicted molar refractivity (Wildman–Crippen MR) is 254 cm³/mol. The number of hydrogen-bond acceptors (Lipinski definition) is 3. The van der Waals surface area contributed by atoms with Gasteiger partial charge in [0.2, 0.25) is 0 Å². The van der Waals surface area contributed by atoms with Crippen molar-refractivity contribution in [1.29, 1.82) is 0 Å². The Morgan fingerprint density at radius 1 is 0.323 bits per heavy atom. The number of rotatable bonds is 7. The first-order valence-electron chi connectivity index (χ1n) is 21.1. The first-order chi connectivity index (χ1) is 30.7. The zero-order valence-corrected chi connectivity index (χ0v) is 33.7. The van der Waals surface area contributed by atoms with Crippen LogP contribution in [0, 0.1) is 0 Å². The van der Waals surface area contributed by atoms with Crippen molar-refractivity contribution < 1.29 is 4.42 Å². The monoisotopic (exact) mass is 790 g/mol. The van der Waals surface area contributed by atoms with Crippen LogP contribution >= 0.6 is 0 Å². The Morgan fingerprint density at radius 2 is 0.871 bits per heavy atom. The summed E-state index contributed by atoms with van der Waals surface area (Å²) in [6, 6.07) is 82.3. The van der Waals surface area contributed by atoms with Gasteiger partial charge in [-0.2, -0.15) is 0 Å². The van der Waals surface area contributed by atoms with E-state index in [0.717, 1.165) is 66.7 Å². The van der Waals surface area contributed by atoms with Crippen LogP contribution in [0.5, 0.6) is 0 Å². The van der Waals surface area contributed by atoms with Gasteiger partial charge in [-0.1, -0.05) is 200 Å². The molecule has 1 aliphatic rings. The molecule has 3 nitrogen and oxygen atoms in total. The number of nitrogens with zero attached hydrogens (tertiary/aromatic N) is 2. The molecule has 1 aliphatic carbocycles. The molecule has 0 fully saturated rings. The van der Waals surface area contributed by atoms with Crippen molar-refractivity contribution in [3.05, 3.63) is 253 Å². The molecular weight excluding hydrogens is 753 g/mol. The van der Waals surface area contributed by atoms with Gasteiger partial charge in [0.1, 0.15) is 11.2 Å². The van der Waals surface area contributed by atoms with E-state index in [2.05, 4.69) is 200 Å². The number of para-hydroxylation sites is 1. The lowest BCUT2D eigenvalue weighted by Gasteiger charge is -2.34. The molecule has 290 valence electrons. The standard InChI is InChI=1S/C59H38N2O/c1-4-18-39(19-5-1)58-60-53(42-21-16-20-40(36-42)41-34-35-48-47-28-13-15-33-55(47)62-56(48)37-41)38-54(61-58)46-27-11-10-26-45(46)49-30-17-32-52-57(49)50-29-12-14-31-51(50)59(52,43-22-6-2-7-23-43)44-24-8-3-9-25-44/h1-38H. The molecule has 0 radical (unpaired) electrons. The fourth-order valence-electron chi connectivity index (χ4n) is 9.87. The van der Waals surface area contributed by atoms with Crippen molar-refractivity contribution in [1.82, 2.24) is 9.97 Å². The Kier molecular flexibility index (Phi) is 8.39. The van der Waals surface area contributed by atoms with Crippen LogP contribution < -0.4 is 0 Å². The Bertz CT molecular complexity index is 3420. The summed E-state index contributed by atoms with van der Waals surface area (Å²) < 4.78 is 6.29. The molecule has 0 spiro atoms. The van der Waals surface area contributed by atoms with Crippen LogP contribution in [0.3, 0.4) is 0 Å². The van der Waals surface area contributed by atoms with Crippen molar-refractivity contribution in [2.24, 2.45) is 0 Å². The van der Waals surface area contributed by atoms with Gasteiger partial charge < -0.3 is 4.42 Å². The van der Waals surface area contributed by atoms with Gasteiger partial charge in [0.25, 0.3) is 0 Å². The molecule has 0 atom stereocenters. The lowest BCUT2D eigenvalue weighted by atomic mass is 9.67. The third-order valence-corrected chi connectivity index (χ3v) is 12.6. The topological polar surface area (TPSA) is 38.9 Å². The summed E-state index contributed by atoms with van der Waals surface area (Å²) in [5.74, 6) is 0.679. The van der Waals surface area contributed by atoms with Crippen LogP contribution in [-0.4, -0.2) is 9.97 Å². The molecule has 0 amide bonds. The van der Waals surface area contributed by atoms with Crippen LogP contribution in [0.15, 0.2) is 235 Å². The van der Waals surface area contributed by atoms with Crippen LogP contribution in [0.4, 0.5) is 0 Å². The molecule has 62 heavy (non-hydrogen) atoms. The maximum absolute atomic E-state index is 6.29. The Hall–Kier alpha value is -8.14. The Balaban J connectivity index is 1.04. The normalized spacial score (nSPS) is 12.6. The van der Waals surface area contributed by atoms with Gasteiger partial charge in [0.15, 0.2) is 5.82 Å². The highest BCUT2D eigenvalue weighted by Gasteiger charge is 2.46. The molecule has 0 saturated carbocycles. The molecule has 11 aromatic rings. The van der Waals surface area contributed by atoms with E-state index in [1.165, 1.54) is 38.9 Å². The third kappa shape index (κ3) is 5.67. The maximum atomic E-state index is 6.29. The Morgan fingerprint density at radius 3 is 1.66 bits per heavy atom. The van der Waals surface area contributed by atoms with Crippen molar-refractivity contribution in [3.63, 3.8) is 0 Å². The van der Waals surface area contributed by atoms with E-state index in [1.807, 2.05) is 30.3 Å². The lowest BCUT2D eigenvalue weighted by molar-refractivity contribution is 0.669. The summed E-state index contributed by atoms with van der Waals surface area (Å²) in [6.07, 6.45) is 0. The molecule has 0 N–H and O–H groups in total. The van der Waals surface area contributed by atoms with Crippen molar-refractivity contribution in [2.75, 3.05) is 0 Å². The van der Waals surface area contributed by atoms with Gasteiger partial charge in [0.05, 0.1) is 16.8 Å². The summed E-state index contributed by atoms with van der Waals surface area (Å²) in [6.45, 7) is 0. The van der Waals surface area contributed by atoms with Crippen molar-refractivity contribution >= 4 is 21.9 Å². The zero-order valence-electron chi connectivity index (χ0n) is 33.7. The highest BCUT2D eigenvalue weighted by atomic mass is 16.3. The maximum Gasteiger partial charge on any atom is 0.160 e. The fourth-order valence-corrected chi connectivity index (χ4v) is 9.87. The highest BCUT2D eigenvalue weighted by Crippen LogP contribution is 2.58. The molecule has 2 aromatic heterocycles. The van der Waals surface area contributed by atoms with Gasteiger partial charge in [-0.3, -0.25) is 0 Å². The summed E-state index contributed by atoms with van der Waals surface area (Å²) in [5.41, 5.74) is 18.0. The van der Waals surface area contributed by atoms with E-state index in [-0.39, 0.29) is 0 Å². The first-order valence-corrected chi connectivity index (χ1v) is 21.1. The molecule has 0 saturated heterocycles. The molecule has 0 bridgehead atoms. The predicted octanol–water partition coefficient (Wildman–Crippen LogP) is 15.1. The number of aromatic nitrogens is 2. The molecule has 9 aromatic carbocycles. The van der Waals surface area contributed by atoms with Gasteiger partial charge in [-0.25, -0.2) is 9.97 Å². The minimum atomic E-state index is -0.498. The summed E-state index contributed by atoms with van der Waals surface area (Å²) in [5, 5.41) is 2.24. The van der Waals surface area contributed by atoms with Gasteiger partial charge in [-0.05, 0) is 86.0 Å². The van der Waals surface area contributed by atoms with Crippen molar-refractivity contribution in [2.45, 2.75) is 5.41 Å². The summed E-state index contributed by atoms with van der Waals surface area (Å²) in [7, 11) is 0. The van der Waals surface area contributed by atoms with E-state index in [0.29, 0.717) is 5.82 Å². The zero-order chi connectivity index (χ0) is 41.0. The van der Waals surface area contributed by atoms with E-state index in [1.54, 1.807) is 0 Å². The number of furan rings is 1. The fraction of sp³-hybridized carbons (Fsp3) is 0.0169. The second kappa shape index (κ2) is 14.5. The second-order valence-corrected chi connectivity index (χ2v) is 16.0. The highest BCUT2D eigenvalue weighted by molar-refractivity contribution is 6.06. The molecule has 2 heterocycles. The van der Waals surface area contributed by atoms with Crippen LogP contribution in [0.1, 0.15) is 22.3 Å². The molecule has 3 heteroatoms. The van der Waals surface area contributed by atoms with E-state index >= 15 is 0 Å². The largest absolute Gasteiger partial charge is 0.456 e. The smallest absolute Gasteiger partial charge is 0.160 e. The number of fused-ring (bicyclic) bond motifs is 6. The molecule has 12 rings (SSSR count). The number of benzene rings is 9. The molecule has 0 aliphatic heterocycles. The number of hydrogen-bond donors (Lipinski definition) is 0. The first kappa shape index (κ1) is 35.8. The van der Waals surface area contributed by atoms with Crippen LogP contribution in [-0.2, 0) is 5.41 Å². The Labute approximate surface area is 360 Å². The van der Waals surface area contributed by atoms with Crippen LogP contribution in [0.2, 0.25) is 0 Å². The average Bonchev–Trinajstić information content (AvgIpc) is 3.88. The van der Waals surface area contributed by atoms with Gasteiger partial charge in [0, 0.05) is 27.5 Å². The molecule has 0 unspecified atom stereocenters. The van der Waals surface area contributed by atoms with Crippen LogP contribution in [0.25, 0.3) is 89.2 Å². The summed E-state index contributed by atoms with van der Waals surface area (Å²) >= 11 is 0. The van der Waals surface area contributed by atoms with E-state index < -0.39 is 5.41 Å². The quantitative estimate of drug-likeness (QED) is 0.161. The van der Waals surface area contributed by atoms with Crippen molar-refractivity contribution in [3.8, 4) is 67.3 Å². The SMILES string of the molecule is c1ccc(-c2nc(-c3cccc(-c4ccc5c(c4)oc4ccccc45)c3)cc(-c3ccccc3-c3cccc4c3-c3ccccc3C4(c3ccccc3)c3ccccc3)n2)cc1. The average molecular weight is 791 g/mol. The second-order valence-electron chi connectivity index (χ2n) is 16.0. The third-order valence-electron chi connectivity index (χ3n) is 12.6. The van der Waals surface area contributed by atoms with Gasteiger partial charge >= 0.3 is 0 Å². The lowest BCUT2D eigenvalue weighted by Crippen LogP contribution is -2.28. The minimum Gasteiger partial charge on any atom is -0.456 e.